The molecular weight excluding hydrogens is 250 g/mol. The van der Waals surface area contributed by atoms with Gasteiger partial charge in [0.1, 0.15) is 11.5 Å². The largest absolute Gasteiger partial charge is 0.508 e. The van der Waals surface area contributed by atoms with Crippen LogP contribution in [0.5, 0.6) is 11.5 Å². The maximum Gasteiger partial charge on any atom is 0.142 e. The molecule has 0 aliphatic heterocycles. The Labute approximate surface area is 120 Å². The van der Waals surface area contributed by atoms with Gasteiger partial charge in [-0.15, -0.1) is 0 Å². The number of phenolic OH excluding ortho intramolecular Hbond substituents is 1. The molecule has 0 saturated carbocycles. The van der Waals surface area contributed by atoms with Crippen molar-refractivity contribution in [3.63, 3.8) is 0 Å². The molecule has 0 aromatic heterocycles. The Kier molecular flexibility index (Phi) is 4.88. The number of hydrogen-bond donors (Lipinski definition) is 2. The first-order chi connectivity index (χ1) is 9.74. The van der Waals surface area contributed by atoms with E-state index in [0.717, 1.165) is 23.4 Å². The summed E-state index contributed by atoms with van der Waals surface area (Å²) in [4.78, 5) is 0. The summed E-state index contributed by atoms with van der Waals surface area (Å²) in [5, 5.41) is 12.9. The van der Waals surface area contributed by atoms with Crippen LogP contribution in [0.15, 0.2) is 48.5 Å². The van der Waals surface area contributed by atoms with Crippen LogP contribution in [0.25, 0.3) is 0 Å². The minimum Gasteiger partial charge on any atom is -0.508 e. The number of ether oxygens (including phenoxy) is 1. The molecule has 3 nitrogen and oxygen atoms in total. The van der Waals surface area contributed by atoms with Crippen molar-refractivity contribution in [1.82, 2.24) is 0 Å². The maximum atomic E-state index is 9.37. The SMILES string of the molecule is CCOc1ccccc1NC(CC)c1ccc(O)cc1. The van der Waals surface area contributed by atoms with Crippen LogP contribution in [0, 0.1) is 0 Å². The second-order valence-corrected chi connectivity index (χ2v) is 4.63. The normalized spacial score (nSPS) is 11.9. The Balaban J connectivity index is 2.20. The molecule has 2 aromatic carbocycles. The highest BCUT2D eigenvalue weighted by Crippen LogP contribution is 2.30. The monoisotopic (exact) mass is 271 g/mol. The molecule has 20 heavy (non-hydrogen) atoms. The van der Waals surface area contributed by atoms with Crippen molar-refractivity contribution in [3.8, 4) is 11.5 Å². The quantitative estimate of drug-likeness (QED) is 0.820. The van der Waals surface area contributed by atoms with Gasteiger partial charge >= 0.3 is 0 Å². The van der Waals surface area contributed by atoms with Crippen LogP contribution in [0.2, 0.25) is 0 Å². The molecule has 0 spiro atoms. The molecule has 2 N–H and O–H groups in total. The van der Waals surface area contributed by atoms with Gasteiger partial charge in [-0.2, -0.15) is 0 Å². The number of phenols is 1. The topological polar surface area (TPSA) is 41.5 Å². The Bertz CT molecular complexity index is 537. The minimum absolute atomic E-state index is 0.192. The van der Waals surface area contributed by atoms with Crippen LogP contribution in [0.1, 0.15) is 31.9 Å². The molecule has 106 valence electrons. The van der Waals surface area contributed by atoms with Gasteiger partial charge in [-0.25, -0.2) is 0 Å². The van der Waals surface area contributed by atoms with E-state index in [1.54, 1.807) is 12.1 Å². The van der Waals surface area contributed by atoms with Gasteiger partial charge in [-0.1, -0.05) is 31.2 Å². The molecule has 1 atom stereocenters. The average molecular weight is 271 g/mol. The van der Waals surface area contributed by atoms with E-state index in [-0.39, 0.29) is 6.04 Å². The number of anilines is 1. The van der Waals surface area contributed by atoms with Crippen LogP contribution >= 0.6 is 0 Å². The smallest absolute Gasteiger partial charge is 0.142 e. The van der Waals surface area contributed by atoms with Crippen LogP contribution < -0.4 is 10.1 Å². The minimum atomic E-state index is 0.192. The fourth-order valence-electron chi connectivity index (χ4n) is 2.18. The molecule has 0 heterocycles. The zero-order valence-corrected chi connectivity index (χ0v) is 12.0. The average Bonchev–Trinajstić information content (AvgIpc) is 2.48. The third-order valence-electron chi connectivity index (χ3n) is 3.22. The van der Waals surface area contributed by atoms with Gasteiger partial charge < -0.3 is 15.2 Å². The number of nitrogens with one attached hydrogen (secondary N) is 1. The van der Waals surface area contributed by atoms with Gasteiger partial charge in [0.25, 0.3) is 0 Å². The van der Waals surface area contributed by atoms with Gasteiger partial charge in [0.05, 0.1) is 18.3 Å². The number of aromatic hydroxyl groups is 1. The first-order valence-electron chi connectivity index (χ1n) is 7.01. The van der Waals surface area contributed by atoms with Gasteiger partial charge in [0, 0.05) is 0 Å². The molecular formula is C17H21NO2. The molecule has 3 heteroatoms. The van der Waals surface area contributed by atoms with Crippen molar-refractivity contribution in [2.24, 2.45) is 0 Å². The summed E-state index contributed by atoms with van der Waals surface area (Å²) in [5.41, 5.74) is 2.14. The van der Waals surface area contributed by atoms with Crippen molar-refractivity contribution >= 4 is 5.69 Å². The van der Waals surface area contributed by atoms with E-state index < -0.39 is 0 Å². The third-order valence-corrected chi connectivity index (χ3v) is 3.22. The summed E-state index contributed by atoms with van der Waals surface area (Å²) in [6, 6.07) is 15.5. The lowest BCUT2D eigenvalue weighted by molar-refractivity contribution is 0.341. The van der Waals surface area contributed by atoms with Crippen LogP contribution in [-0.2, 0) is 0 Å². The van der Waals surface area contributed by atoms with E-state index in [0.29, 0.717) is 12.4 Å². The molecule has 0 bridgehead atoms. The zero-order valence-electron chi connectivity index (χ0n) is 12.0. The molecule has 0 aliphatic carbocycles. The number of para-hydroxylation sites is 2. The summed E-state index contributed by atoms with van der Waals surface area (Å²) in [5.74, 6) is 1.16. The molecule has 2 aromatic rings. The molecule has 0 saturated heterocycles. The van der Waals surface area contributed by atoms with E-state index in [9.17, 15) is 5.11 Å². The molecule has 0 amide bonds. The number of rotatable bonds is 6. The molecule has 1 unspecified atom stereocenters. The first kappa shape index (κ1) is 14.3. The van der Waals surface area contributed by atoms with Crippen molar-refractivity contribution in [3.05, 3.63) is 54.1 Å². The number of hydrogen-bond acceptors (Lipinski definition) is 3. The summed E-state index contributed by atoms with van der Waals surface area (Å²) in [6.45, 7) is 4.76. The van der Waals surface area contributed by atoms with E-state index in [1.807, 2.05) is 43.3 Å². The molecule has 0 radical (unpaired) electrons. The van der Waals surface area contributed by atoms with Crippen LogP contribution in [0.3, 0.4) is 0 Å². The van der Waals surface area contributed by atoms with Crippen molar-refractivity contribution in [2.45, 2.75) is 26.3 Å². The van der Waals surface area contributed by atoms with Crippen molar-refractivity contribution in [1.29, 1.82) is 0 Å². The Morgan fingerprint density at radius 3 is 2.40 bits per heavy atom. The predicted octanol–water partition coefficient (Wildman–Crippen LogP) is 4.35. The highest BCUT2D eigenvalue weighted by molar-refractivity contribution is 5.57. The lowest BCUT2D eigenvalue weighted by atomic mass is 10.0. The number of benzene rings is 2. The second kappa shape index (κ2) is 6.85. The third kappa shape index (κ3) is 3.44. The highest BCUT2D eigenvalue weighted by Gasteiger charge is 2.11. The second-order valence-electron chi connectivity index (χ2n) is 4.63. The van der Waals surface area contributed by atoms with Crippen molar-refractivity contribution in [2.75, 3.05) is 11.9 Å². The van der Waals surface area contributed by atoms with Gasteiger partial charge in [-0.3, -0.25) is 0 Å². The first-order valence-corrected chi connectivity index (χ1v) is 7.01. The molecule has 0 aliphatic rings. The van der Waals surface area contributed by atoms with E-state index >= 15 is 0 Å². The standard InChI is InChI=1S/C17H21NO2/c1-3-15(13-9-11-14(19)12-10-13)18-16-7-5-6-8-17(16)20-4-2/h5-12,15,18-19H,3-4H2,1-2H3. The molecule has 0 fully saturated rings. The zero-order chi connectivity index (χ0) is 14.4. The fourth-order valence-corrected chi connectivity index (χ4v) is 2.18. The Morgan fingerprint density at radius 1 is 1.05 bits per heavy atom. The summed E-state index contributed by atoms with van der Waals surface area (Å²) in [6.07, 6.45) is 0.950. The lowest BCUT2D eigenvalue weighted by Crippen LogP contribution is -2.10. The lowest BCUT2D eigenvalue weighted by Gasteiger charge is -2.21. The fraction of sp³-hybridized carbons (Fsp3) is 0.294. The van der Waals surface area contributed by atoms with Gasteiger partial charge in [0.15, 0.2) is 0 Å². The van der Waals surface area contributed by atoms with Crippen LogP contribution in [-0.4, -0.2) is 11.7 Å². The summed E-state index contributed by atoms with van der Waals surface area (Å²) >= 11 is 0. The van der Waals surface area contributed by atoms with E-state index in [1.165, 1.54) is 0 Å². The van der Waals surface area contributed by atoms with Gasteiger partial charge in [0.2, 0.25) is 0 Å². The highest BCUT2D eigenvalue weighted by atomic mass is 16.5. The maximum absolute atomic E-state index is 9.37. The van der Waals surface area contributed by atoms with Gasteiger partial charge in [-0.05, 0) is 43.2 Å². The predicted molar refractivity (Wildman–Crippen MR) is 82.4 cm³/mol. The van der Waals surface area contributed by atoms with E-state index in [2.05, 4.69) is 12.2 Å². The van der Waals surface area contributed by atoms with Crippen LogP contribution in [0.4, 0.5) is 5.69 Å². The van der Waals surface area contributed by atoms with Crippen molar-refractivity contribution < 1.29 is 9.84 Å². The molecule has 2 rings (SSSR count). The Morgan fingerprint density at radius 2 is 1.75 bits per heavy atom. The summed E-state index contributed by atoms with van der Waals surface area (Å²) in [7, 11) is 0. The Hall–Kier alpha value is -2.16. The summed E-state index contributed by atoms with van der Waals surface area (Å²) < 4.78 is 5.63. The van der Waals surface area contributed by atoms with E-state index in [4.69, 9.17) is 4.74 Å².